The Kier molecular flexibility index (Phi) is 5.02. The number of carbonyl (C=O) groups excluding carboxylic acids is 1. The number of hydrogen-bond donors (Lipinski definition) is 2. The summed E-state index contributed by atoms with van der Waals surface area (Å²) in [7, 11) is 1.73. The molecule has 1 atom stereocenters. The van der Waals surface area contributed by atoms with Crippen LogP contribution in [0.25, 0.3) is 0 Å². The Morgan fingerprint density at radius 2 is 1.94 bits per heavy atom. The fourth-order valence-electron chi connectivity index (χ4n) is 1.20. The molecule has 2 N–H and O–H groups in total. The molecule has 17 heavy (non-hydrogen) atoms. The van der Waals surface area contributed by atoms with E-state index in [1.807, 2.05) is 6.92 Å². The zero-order chi connectivity index (χ0) is 13.0. The molecule has 0 saturated heterocycles. The van der Waals surface area contributed by atoms with Gasteiger partial charge < -0.3 is 10.6 Å². The predicted octanol–water partition coefficient (Wildman–Crippen LogP) is 2.06. The number of halogens is 3. The number of carbonyl (C=O) groups is 1. The van der Waals surface area contributed by atoms with Crippen LogP contribution in [0.2, 0.25) is 0 Å². The number of rotatable bonds is 4. The van der Waals surface area contributed by atoms with Crippen molar-refractivity contribution in [2.24, 2.45) is 0 Å². The van der Waals surface area contributed by atoms with E-state index in [0.29, 0.717) is 6.54 Å². The molecule has 6 heteroatoms. The van der Waals surface area contributed by atoms with Crippen LogP contribution in [0, 0.1) is 11.6 Å². The molecule has 1 unspecified atom stereocenters. The summed E-state index contributed by atoms with van der Waals surface area (Å²) in [6.07, 6.45) is 0. The van der Waals surface area contributed by atoms with E-state index >= 15 is 0 Å². The van der Waals surface area contributed by atoms with Gasteiger partial charge in [-0.1, -0.05) is 15.9 Å². The number of hydrogen-bond acceptors (Lipinski definition) is 2. The predicted molar refractivity (Wildman–Crippen MR) is 64.9 cm³/mol. The summed E-state index contributed by atoms with van der Waals surface area (Å²) in [4.78, 5) is 11.6. The third-order valence-corrected chi connectivity index (χ3v) is 2.75. The summed E-state index contributed by atoms with van der Waals surface area (Å²) in [5.74, 6) is -2.52. The van der Waals surface area contributed by atoms with Crippen molar-refractivity contribution in [3.8, 4) is 0 Å². The van der Waals surface area contributed by atoms with Gasteiger partial charge in [0, 0.05) is 17.1 Å². The minimum Gasteiger partial charge on any atom is -0.350 e. The molecule has 0 aliphatic rings. The lowest BCUT2D eigenvalue weighted by molar-refractivity contribution is 0.0942. The van der Waals surface area contributed by atoms with Gasteiger partial charge in [-0.05, 0) is 26.1 Å². The van der Waals surface area contributed by atoms with E-state index in [4.69, 9.17) is 0 Å². The number of benzene rings is 1. The highest BCUT2D eigenvalue weighted by atomic mass is 79.9. The molecule has 0 fully saturated rings. The molecule has 0 saturated carbocycles. The summed E-state index contributed by atoms with van der Waals surface area (Å²) in [6, 6.07) is 2.14. The molecule has 0 bridgehead atoms. The van der Waals surface area contributed by atoms with Crippen LogP contribution in [0.4, 0.5) is 8.78 Å². The van der Waals surface area contributed by atoms with Gasteiger partial charge in [-0.15, -0.1) is 0 Å². The first-order chi connectivity index (χ1) is 7.95. The zero-order valence-corrected chi connectivity index (χ0v) is 11.1. The maximum absolute atomic E-state index is 13.4. The van der Waals surface area contributed by atoms with Crippen LogP contribution >= 0.6 is 15.9 Å². The maximum Gasteiger partial charge on any atom is 0.257 e. The lowest BCUT2D eigenvalue weighted by Gasteiger charge is -2.12. The second-order valence-corrected chi connectivity index (χ2v) is 4.56. The summed E-state index contributed by atoms with van der Waals surface area (Å²) in [5, 5.41) is 5.35. The molecule has 1 amide bonds. The summed E-state index contributed by atoms with van der Waals surface area (Å²) in [5.41, 5.74) is -0.559. The Labute approximate surface area is 107 Å². The van der Waals surface area contributed by atoms with Gasteiger partial charge in [0.25, 0.3) is 5.91 Å². The lowest BCUT2D eigenvalue weighted by atomic mass is 10.2. The van der Waals surface area contributed by atoms with E-state index in [-0.39, 0.29) is 10.5 Å². The van der Waals surface area contributed by atoms with Gasteiger partial charge in [-0.25, -0.2) is 8.78 Å². The van der Waals surface area contributed by atoms with Crippen LogP contribution in [-0.2, 0) is 0 Å². The van der Waals surface area contributed by atoms with Crippen molar-refractivity contribution in [2.45, 2.75) is 13.0 Å². The standard InChI is InChI=1S/C11H13BrF2N2O/c1-6(15-2)5-16-11(17)10-8(13)3-7(12)4-9(10)14/h3-4,6,15H,5H2,1-2H3,(H,16,17). The Bertz CT molecular complexity index is 403. The molecule has 0 aliphatic carbocycles. The number of amides is 1. The second kappa shape index (κ2) is 6.07. The van der Waals surface area contributed by atoms with Crippen molar-refractivity contribution in [3.05, 3.63) is 33.8 Å². The highest BCUT2D eigenvalue weighted by molar-refractivity contribution is 9.10. The second-order valence-electron chi connectivity index (χ2n) is 3.64. The van der Waals surface area contributed by atoms with Gasteiger partial charge >= 0.3 is 0 Å². The Morgan fingerprint density at radius 3 is 2.41 bits per heavy atom. The first kappa shape index (κ1) is 14.1. The van der Waals surface area contributed by atoms with E-state index < -0.39 is 23.1 Å². The zero-order valence-electron chi connectivity index (χ0n) is 9.48. The van der Waals surface area contributed by atoms with Crippen molar-refractivity contribution < 1.29 is 13.6 Å². The quantitative estimate of drug-likeness (QED) is 0.894. The van der Waals surface area contributed by atoms with Gasteiger partial charge in [0.05, 0.1) is 0 Å². The third-order valence-electron chi connectivity index (χ3n) is 2.30. The minimum atomic E-state index is -0.883. The summed E-state index contributed by atoms with van der Waals surface area (Å²) >= 11 is 2.95. The van der Waals surface area contributed by atoms with Gasteiger partial charge in [0.2, 0.25) is 0 Å². The summed E-state index contributed by atoms with van der Waals surface area (Å²) < 4.78 is 27.1. The average Bonchev–Trinajstić information content (AvgIpc) is 2.24. The Balaban J connectivity index is 2.82. The fraction of sp³-hybridized carbons (Fsp3) is 0.364. The average molecular weight is 307 g/mol. The van der Waals surface area contributed by atoms with Crippen LogP contribution in [0.15, 0.2) is 16.6 Å². The van der Waals surface area contributed by atoms with E-state index in [1.54, 1.807) is 7.05 Å². The third kappa shape index (κ3) is 3.74. The molecular weight excluding hydrogens is 294 g/mol. The van der Waals surface area contributed by atoms with Gasteiger partial charge in [0.15, 0.2) is 0 Å². The van der Waals surface area contributed by atoms with Crippen LogP contribution in [0.5, 0.6) is 0 Å². The topological polar surface area (TPSA) is 41.1 Å². The Morgan fingerprint density at radius 1 is 1.41 bits per heavy atom. The molecule has 0 aromatic heterocycles. The van der Waals surface area contributed by atoms with Crippen molar-refractivity contribution >= 4 is 21.8 Å². The van der Waals surface area contributed by atoms with Crippen molar-refractivity contribution in [1.82, 2.24) is 10.6 Å². The fourth-order valence-corrected chi connectivity index (χ4v) is 1.60. The summed E-state index contributed by atoms with van der Waals surface area (Å²) in [6.45, 7) is 2.14. The van der Waals surface area contributed by atoms with Gasteiger partial charge in [-0.3, -0.25) is 4.79 Å². The molecule has 94 valence electrons. The first-order valence-corrected chi connectivity index (χ1v) is 5.85. The van der Waals surface area contributed by atoms with Crippen molar-refractivity contribution in [1.29, 1.82) is 0 Å². The van der Waals surface area contributed by atoms with Gasteiger partial charge in [-0.2, -0.15) is 0 Å². The maximum atomic E-state index is 13.4. The molecule has 3 nitrogen and oxygen atoms in total. The van der Waals surface area contributed by atoms with Crippen molar-refractivity contribution in [2.75, 3.05) is 13.6 Å². The SMILES string of the molecule is CNC(C)CNC(=O)c1c(F)cc(Br)cc1F. The molecule has 1 aromatic rings. The molecule has 1 rings (SSSR count). The lowest BCUT2D eigenvalue weighted by Crippen LogP contribution is -2.37. The number of likely N-dealkylation sites (N-methyl/N-ethyl adjacent to an activating group) is 1. The van der Waals surface area contributed by atoms with Crippen LogP contribution in [0.1, 0.15) is 17.3 Å². The van der Waals surface area contributed by atoms with E-state index in [9.17, 15) is 13.6 Å². The largest absolute Gasteiger partial charge is 0.350 e. The van der Waals surface area contributed by atoms with E-state index in [1.165, 1.54) is 0 Å². The normalized spacial score (nSPS) is 12.3. The first-order valence-electron chi connectivity index (χ1n) is 5.05. The molecular formula is C11H13BrF2N2O. The van der Waals surface area contributed by atoms with E-state index in [2.05, 4.69) is 26.6 Å². The monoisotopic (exact) mass is 306 g/mol. The van der Waals surface area contributed by atoms with Gasteiger partial charge in [0.1, 0.15) is 17.2 Å². The van der Waals surface area contributed by atoms with Crippen LogP contribution in [-0.4, -0.2) is 25.5 Å². The molecule has 0 aliphatic heterocycles. The highest BCUT2D eigenvalue weighted by Crippen LogP contribution is 2.19. The number of nitrogens with one attached hydrogen (secondary N) is 2. The molecule has 0 spiro atoms. The molecule has 0 heterocycles. The van der Waals surface area contributed by atoms with E-state index in [0.717, 1.165) is 12.1 Å². The molecule has 1 aromatic carbocycles. The van der Waals surface area contributed by atoms with Crippen LogP contribution in [0.3, 0.4) is 0 Å². The van der Waals surface area contributed by atoms with Crippen molar-refractivity contribution in [3.63, 3.8) is 0 Å². The minimum absolute atomic E-state index is 0.0283. The molecule has 0 radical (unpaired) electrons. The smallest absolute Gasteiger partial charge is 0.257 e. The highest BCUT2D eigenvalue weighted by Gasteiger charge is 2.18. The van der Waals surface area contributed by atoms with Crippen LogP contribution < -0.4 is 10.6 Å². The Hall–Kier alpha value is -1.01.